The fourth-order valence-corrected chi connectivity index (χ4v) is 3.48. The van der Waals surface area contributed by atoms with Gasteiger partial charge in [-0.1, -0.05) is 37.1 Å². The predicted molar refractivity (Wildman–Crippen MR) is 82.1 cm³/mol. The van der Waals surface area contributed by atoms with Crippen molar-refractivity contribution >= 4 is 11.8 Å². The molecule has 1 aromatic carbocycles. The maximum atomic E-state index is 11.9. The summed E-state index contributed by atoms with van der Waals surface area (Å²) in [6.45, 7) is 0.0704. The lowest BCUT2D eigenvalue weighted by molar-refractivity contribution is -0.140. The first kappa shape index (κ1) is 15.0. The van der Waals surface area contributed by atoms with Crippen LogP contribution in [0.15, 0.2) is 24.3 Å². The van der Waals surface area contributed by atoms with Crippen LogP contribution in [0, 0.1) is 0 Å². The molecule has 5 heteroatoms. The van der Waals surface area contributed by atoms with Crippen molar-refractivity contribution in [3.05, 3.63) is 35.4 Å². The molecule has 0 radical (unpaired) electrons. The van der Waals surface area contributed by atoms with Crippen molar-refractivity contribution in [3.63, 3.8) is 0 Å². The van der Waals surface area contributed by atoms with Crippen LogP contribution in [0.3, 0.4) is 0 Å². The zero-order valence-corrected chi connectivity index (χ0v) is 12.6. The first-order valence-corrected chi connectivity index (χ1v) is 7.98. The molecule has 0 unspecified atom stereocenters. The Morgan fingerprint density at radius 3 is 2.68 bits per heavy atom. The average Bonchev–Trinajstić information content (AvgIpc) is 3.14. The fraction of sp³-hybridized carbons (Fsp3) is 0.529. The molecule has 1 atom stereocenters. The first-order valence-electron chi connectivity index (χ1n) is 7.98. The smallest absolute Gasteiger partial charge is 0.309 e. The number of carbonyl (C=O) groups excluding carboxylic acids is 2. The summed E-state index contributed by atoms with van der Waals surface area (Å²) in [6.07, 6.45) is 5.44. The molecule has 22 heavy (non-hydrogen) atoms. The number of carbonyl (C=O) groups is 2. The molecule has 0 heterocycles. The highest BCUT2D eigenvalue weighted by molar-refractivity contribution is 6.35. The lowest BCUT2D eigenvalue weighted by atomic mass is 9.96. The Hall–Kier alpha value is -1.88. The molecule has 0 saturated heterocycles. The van der Waals surface area contributed by atoms with Gasteiger partial charge in [0.1, 0.15) is 5.60 Å². The highest BCUT2D eigenvalue weighted by Gasteiger charge is 2.37. The summed E-state index contributed by atoms with van der Waals surface area (Å²) in [5, 5.41) is 16.0. The van der Waals surface area contributed by atoms with E-state index in [1.54, 1.807) is 0 Å². The maximum absolute atomic E-state index is 11.9. The number of nitrogens with one attached hydrogen (secondary N) is 2. The van der Waals surface area contributed by atoms with Crippen LogP contribution in [0.25, 0.3) is 0 Å². The third-order valence-corrected chi connectivity index (χ3v) is 4.76. The van der Waals surface area contributed by atoms with E-state index in [-0.39, 0.29) is 12.6 Å². The Balaban J connectivity index is 1.56. The molecule has 118 valence electrons. The van der Waals surface area contributed by atoms with E-state index in [0.717, 1.165) is 43.2 Å². The first-order chi connectivity index (χ1) is 10.6. The SMILES string of the molecule is O=C(NC[C@@]1(O)CCc2ccccc21)C(=O)NC1CCCC1. The number of rotatable bonds is 3. The van der Waals surface area contributed by atoms with Gasteiger partial charge in [-0.15, -0.1) is 0 Å². The van der Waals surface area contributed by atoms with Crippen molar-refractivity contribution in [2.75, 3.05) is 6.54 Å². The van der Waals surface area contributed by atoms with E-state index in [1.807, 2.05) is 24.3 Å². The Morgan fingerprint density at radius 2 is 1.91 bits per heavy atom. The van der Waals surface area contributed by atoms with Crippen molar-refractivity contribution in [1.29, 1.82) is 0 Å². The van der Waals surface area contributed by atoms with Crippen molar-refractivity contribution in [1.82, 2.24) is 10.6 Å². The van der Waals surface area contributed by atoms with E-state index >= 15 is 0 Å². The van der Waals surface area contributed by atoms with Gasteiger partial charge in [-0.25, -0.2) is 0 Å². The monoisotopic (exact) mass is 302 g/mol. The molecule has 0 aliphatic heterocycles. The normalized spacial score (nSPS) is 24.0. The topological polar surface area (TPSA) is 78.4 Å². The lowest BCUT2D eigenvalue weighted by Crippen LogP contribution is -2.47. The van der Waals surface area contributed by atoms with Crippen LogP contribution in [0.5, 0.6) is 0 Å². The van der Waals surface area contributed by atoms with E-state index in [0.29, 0.717) is 6.42 Å². The number of hydrogen-bond donors (Lipinski definition) is 3. The van der Waals surface area contributed by atoms with Crippen LogP contribution in [0.2, 0.25) is 0 Å². The van der Waals surface area contributed by atoms with Crippen molar-refractivity contribution in [2.24, 2.45) is 0 Å². The number of amides is 2. The van der Waals surface area contributed by atoms with Gasteiger partial charge in [0.05, 0.1) is 6.54 Å². The number of aliphatic hydroxyl groups is 1. The summed E-state index contributed by atoms with van der Waals surface area (Å²) in [5.74, 6) is -1.26. The zero-order chi connectivity index (χ0) is 15.6. The third kappa shape index (κ3) is 2.99. The molecular weight excluding hydrogens is 280 g/mol. The van der Waals surface area contributed by atoms with Crippen LogP contribution in [0.4, 0.5) is 0 Å². The molecule has 2 amide bonds. The van der Waals surface area contributed by atoms with E-state index in [2.05, 4.69) is 10.6 Å². The summed E-state index contributed by atoms with van der Waals surface area (Å²) in [4.78, 5) is 23.8. The Kier molecular flexibility index (Phi) is 4.16. The second-order valence-corrected chi connectivity index (χ2v) is 6.33. The minimum absolute atomic E-state index is 0.0704. The standard InChI is InChI=1S/C17H22N2O3/c20-15(16(21)19-13-6-2-3-7-13)18-11-17(22)10-9-12-5-1-4-8-14(12)17/h1,4-5,8,13,22H,2-3,6-7,9-11H2,(H,18,20)(H,19,21)/t17-/m0/s1. The number of hydrogen-bond acceptors (Lipinski definition) is 3. The minimum atomic E-state index is -1.07. The lowest BCUT2D eigenvalue weighted by Gasteiger charge is -2.24. The molecule has 2 aliphatic carbocycles. The Bertz CT molecular complexity index is 581. The second kappa shape index (κ2) is 6.08. The van der Waals surface area contributed by atoms with Gasteiger partial charge in [-0.2, -0.15) is 0 Å². The Labute approximate surface area is 130 Å². The molecule has 0 spiro atoms. The Morgan fingerprint density at radius 1 is 1.18 bits per heavy atom. The minimum Gasteiger partial charge on any atom is -0.383 e. The molecule has 5 nitrogen and oxygen atoms in total. The van der Waals surface area contributed by atoms with E-state index in [4.69, 9.17) is 0 Å². The highest BCUT2D eigenvalue weighted by atomic mass is 16.3. The van der Waals surface area contributed by atoms with Crippen molar-refractivity contribution in [2.45, 2.75) is 50.2 Å². The van der Waals surface area contributed by atoms with E-state index in [1.165, 1.54) is 0 Å². The zero-order valence-electron chi connectivity index (χ0n) is 12.6. The molecule has 2 aliphatic rings. The number of aryl methyl sites for hydroxylation is 1. The molecule has 1 aromatic rings. The molecule has 0 aromatic heterocycles. The summed E-state index contributed by atoms with van der Waals surface area (Å²) in [6, 6.07) is 7.81. The largest absolute Gasteiger partial charge is 0.383 e. The van der Waals surface area contributed by atoms with E-state index in [9.17, 15) is 14.7 Å². The van der Waals surface area contributed by atoms with Crippen LogP contribution >= 0.6 is 0 Å². The van der Waals surface area contributed by atoms with Gasteiger partial charge < -0.3 is 15.7 Å². The maximum Gasteiger partial charge on any atom is 0.309 e. The summed E-state index contributed by atoms with van der Waals surface area (Å²) in [5.41, 5.74) is 0.890. The molecule has 3 N–H and O–H groups in total. The second-order valence-electron chi connectivity index (χ2n) is 6.33. The third-order valence-electron chi connectivity index (χ3n) is 4.76. The molecule has 3 rings (SSSR count). The van der Waals surface area contributed by atoms with Gasteiger partial charge in [0.15, 0.2) is 0 Å². The fourth-order valence-electron chi connectivity index (χ4n) is 3.48. The molecule has 1 saturated carbocycles. The number of fused-ring (bicyclic) bond motifs is 1. The van der Waals surface area contributed by atoms with Crippen LogP contribution in [0.1, 0.15) is 43.2 Å². The van der Waals surface area contributed by atoms with Crippen molar-refractivity contribution in [3.8, 4) is 0 Å². The summed E-state index contributed by atoms with van der Waals surface area (Å²) < 4.78 is 0. The van der Waals surface area contributed by atoms with Crippen LogP contribution < -0.4 is 10.6 Å². The average molecular weight is 302 g/mol. The highest BCUT2D eigenvalue weighted by Crippen LogP contribution is 2.36. The van der Waals surface area contributed by atoms with Gasteiger partial charge in [0.2, 0.25) is 0 Å². The van der Waals surface area contributed by atoms with Gasteiger partial charge in [0.25, 0.3) is 0 Å². The molecular formula is C17H22N2O3. The van der Waals surface area contributed by atoms with Gasteiger partial charge in [-0.3, -0.25) is 9.59 Å². The molecule has 1 fully saturated rings. The predicted octanol–water partition coefficient (Wildman–Crippen LogP) is 0.995. The van der Waals surface area contributed by atoms with Gasteiger partial charge in [-0.05, 0) is 36.8 Å². The summed E-state index contributed by atoms with van der Waals surface area (Å²) >= 11 is 0. The van der Waals surface area contributed by atoms with Crippen molar-refractivity contribution < 1.29 is 14.7 Å². The van der Waals surface area contributed by atoms with Gasteiger partial charge >= 0.3 is 11.8 Å². The number of benzene rings is 1. The van der Waals surface area contributed by atoms with E-state index < -0.39 is 17.4 Å². The molecule has 0 bridgehead atoms. The summed E-state index contributed by atoms with van der Waals surface area (Å²) in [7, 11) is 0. The van der Waals surface area contributed by atoms with Crippen LogP contribution in [-0.4, -0.2) is 29.5 Å². The van der Waals surface area contributed by atoms with Gasteiger partial charge in [0, 0.05) is 6.04 Å². The van der Waals surface area contributed by atoms with Crippen LogP contribution in [-0.2, 0) is 21.6 Å². The quantitative estimate of drug-likeness (QED) is 0.729.